The minimum atomic E-state index is -0.614. The van der Waals surface area contributed by atoms with Gasteiger partial charge in [-0.1, -0.05) is 12.2 Å². The number of hydrogen-bond acceptors (Lipinski definition) is 1. The van der Waals surface area contributed by atoms with Gasteiger partial charge in [0.25, 0.3) is 0 Å². The van der Waals surface area contributed by atoms with Gasteiger partial charge in [-0.3, -0.25) is 4.79 Å². The van der Waals surface area contributed by atoms with Gasteiger partial charge < -0.3 is 17.5 Å². The molecule has 0 saturated heterocycles. The molecule has 2 nitrogen and oxygen atoms in total. The third-order valence-corrected chi connectivity index (χ3v) is 2.60. The van der Waals surface area contributed by atoms with Crippen LogP contribution in [0.2, 0.25) is 0 Å². The molecule has 3 unspecified atom stereocenters. The lowest BCUT2D eigenvalue weighted by Gasteiger charge is -2.11. The van der Waals surface area contributed by atoms with Crippen molar-refractivity contribution in [1.82, 2.24) is 0 Å². The monoisotopic (exact) mass is 173 g/mol. The van der Waals surface area contributed by atoms with Crippen LogP contribution in [0.4, 0.5) is 0 Å². The Labute approximate surface area is 71.7 Å². The van der Waals surface area contributed by atoms with Crippen molar-refractivity contribution >= 4 is 5.97 Å². The number of hydrogen-bond donors (Lipinski definition) is 1. The number of fused-ring (bicyclic) bond motifs is 2. The predicted octanol–water partition coefficient (Wildman–Crippen LogP) is -1.71. The van der Waals surface area contributed by atoms with Gasteiger partial charge in [-0.25, -0.2) is 0 Å². The van der Waals surface area contributed by atoms with E-state index in [0.717, 1.165) is 12.8 Å². The maximum absolute atomic E-state index is 10.6. The Kier molecular flexibility index (Phi) is 2.23. The van der Waals surface area contributed by atoms with Crippen LogP contribution in [0.1, 0.15) is 12.8 Å². The number of carboxylic acid groups (broad SMARTS) is 1. The summed E-state index contributed by atoms with van der Waals surface area (Å²) in [6, 6.07) is 0. The summed E-state index contributed by atoms with van der Waals surface area (Å²) in [7, 11) is 0. The van der Waals surface area contributed by atoms with Crippen LogP contribution < -0.4 is 12.4 Å². The summed E-state index contributed by atoms with van der Waals surface area (Å²) in [6.07, 6.45) is 6.17. The normalized spacial score (nSPS) is 38.7. The first-order valence-electron chi connectivity index (χ1n) is 3.68. The fourth-order valence-corrected chi connectivity index (χ4v) is 2.06. The molecule has 1 saturated carbocycles. The Morgan fingerprint density at radius 3 is 2.36 bits per heavy atom. The van der Waals surface area contributed by atoms with E-state index in [0.29, 0.717) is 11.8 Å². The molecule has 1 fully saturated rings. The van der Waals surface area contributed by atoms with Gasteiger partial charge in [0.05, 0.1) is 5.92 Å². The third kappa shape index (κ3) is 1.27. The van der Waals surface area contributed by atoms with Crippen molar-refractivity contribution < 1.29 is 22.3 Å². The van der Waals surface area contributed by atoms with Crippen LogP contribution in [-0.4, -0.2) is 11.1 Å². The molecule has 3 heteroatoms. The number of aliphatic carboxylic acids is 1. The van der Waals surface area contributed by atoms with Crippen molar-refractivity contribution in [2.45, 2.75) is 12.8 Å². The van der Waals surface area contributed by atoms with Gasteiger partial charge >= 0.3 is 5.97 Å². The first-order valence-corrected chi connectivity index (χ1v) is 3.68. The van der Waals surface area contributed by atoms with Gasteiger partial charge in [-0.2, -0.15) is 0 Å². The lowest BCUT2D eigenvalue weighted by Crippen LogP contribution is -3.00. The summed E-state index contributed by atoms with van der Waals surface area (Å²) in [5.41, 5.74) is 0. The molecule has 0 aromatic carbocycles. The Morgan fingerprint density at radius 2 is 2.09 bits per heavy atom. The van der Waals surface area contributed by atoms with Gasteiger partial charge in [0.1, 0.15) is 0 Å². The molecule has 1 N–H and O–H groups in total. The standard InChI is InChI=1S/C8H10O2.ClH/c9-8(10)7-4-5-1-2-6(7)3-5;/h1-2,5-7H,3-4H2,(H,9,10);1H/p-1. The molecule has 62 valence electrons. The summed E-state index contributed by atoms with van der Waals surface area (Å²) in [4.78, 5) is 10.6. The summed E-state index contributed by atoms with van der Waals surface area (Å²) >= 11 is 0. The number of rotatable bonds is 1. The largest absolute Gasteiger partial charge is 1.00 e. The van der Waals surface area contributed by atoms with Crippen LogP contribution in [0.5, 0.6) is 0 Å². The molecule has 0 aliphatic heterocycles. The second-order valence-electron chi connectivity index (χ2n) is 3.22. The summed E-state index contributed by atoms with van der Waals surface area (Å²) in [5, 5.41) is 8.70. The Morgan fingerprint density at radius 1 is 1.36 bits per heavy atom. The number of carbonyl (C=O) groups is 1. The van der Waals surface area contributed by atoms with Crippen molar-refractivity contribution in [3.63, 3.8) is 0 Å². The van der Waals surface area contributed by atoms with E-state index in [-0.39, 0.29) is 18.3 Å². The first-order chi connectivity index (χ1) is 4.77. The van der Waals surface area contributed by atoms with E-state index in [1.54, 1.807) is 0 Å². The van der Waals surface area contributed by atoms with Crippen molar-refractivity contribution in [3.05, 3.63) is 12.2 Å². The minimum Gasteiger partial charge on any atom is -1.00 e. The fourth-order valence-electron chi connectivity index (χ4n) is 2.06. The highest BCUT2D eigenvalue weighted by molar-refractivity contribution is 5.71. The van der Waals surface area contributed by atoms with E-state index < -0.39 is 5.97 Å². The van der Waals surface area contributed by atoms with Crippen LogP contribution in [0, 0.1) is 17.8 Å². The lowest BCUT2D eigenvalue weighted by atomic mass is 9.94. The van der Waals surface area contributed by atoms with Crippen molar-refractivity contribution in [1.29, 1.82) is 0 Å². The van der Waals surface area contributed by atoms with E-state index in [2.05, 4.69) is 12.2 Å². The van der Waals surface area contributed by atoms with Gasteiger partial charge in [0, 0.05) is 0 Å². The lowest BCUT2D eigenvalue weighted by molar-refractivity contribution is -0.142. The van der Waals surface area contributed by atoms with Crippen molar-refractivity contribution in [3.8, 4) is 0 Å². The molecule has 2 bridgehead atoms. The molecule has 2 rings (SSSR count). The van der Waals surface area contributed by atoms with Gasteiger partial charge in [-0.15, -0.1) is 0 Å². The molecule has 3 atom stereocenters. The number of allylic oxidation sites excluding steroid dienone is 2. The Hall–Kier alpha value is -0.500. The maximum atomic E-state index is 10.6. The van der Waals surface area contributed by atoms with Crippen LogP contribution in [0.15, 0.2) is 12.2 Å². The average molecular weight is 174 g/mol. The van der Waals surface area contributed by atoms with Gasteiger partial charge in [0.2, 0.25) is 0 Å². The fraction of sp³-hybridized carbons (Fsp3) is 0.625. The molecule has 0 aromatic rings. The topological polar surface area (TPSA) is 37.3 Å². The Bertz CT molecular complexity index is 200. The highest BCUT2D eigenvalue weighted by Gasteiger charge is 2.39. The van der Waals surface area contributed by atoms with E-state index in [9.17, 15) is 4.79 Å². The third-order valence-electron chi connectivity index (χ3n) is 2.60. The smallest absolute Gasteiger partial charge is 0.307 e. The van der Waals surface area contributed by atoms with E-state index in [1.165, 1.54) is 0 Å². The highest BCUT2D eigenvalue weighted by atomic mass is 35.5. The zero-order valence-electron chi connectivity index (χ0n) is 6.03. The average Bonchev–Trinajstić information content (AvgIpc) is 2.44. The highest BCUT2D eigenvalue weighted by Crippen LogP contribution is 2.43. The second kappa shape index (κ2) is 2.86. The van der Waals surface area contributed by atoms with Gasteiger partial charge in [-0.05, 0) is 24.7 Å². The first kappa shape index (κ1) is 8.60. The second-order valence-corrected chi connectivity index (χ2v) is 3.22. The van der Waals surface area contributed by atoms with Crippen LogP contribution in [0.3, 0.4) is 0 Å². The van der Waals surface area contributed by atoms with Crippen LogP contribution >= 0.6 is 0 Å². The molecular weight excluding hydrogens is 164 g/mol. The molecule has 0 spiro atoms. The summed E-state index contributed by atoms with van der Waals surface area (Å²) in [6.45, 7) is 0. The van der Waals surface area contributed by atoms with Crippen LogP contribution in [0.25, 0.3) is 0 Å². The van der Waals surface area contributed by atoms with Crippen molar-refractivity contribution in [2.75, 3.05) is 0 Å². The zero-order valence-corrected chi connectivity index (χ0v) is 6.79. The molecular formula is C8H10ClO2-. The minimum absolute atomic E-state index is 0. The van der Waals surface area contributed by atoms with E-state index >= 15 is 0 Å². The van der Waals surface area contributed by atoms with Crippen molar-refractivity contribution in [2.24, 2.45) is 17.8 Å². The molecule has 0 aromatic heterocycles. The molecule has 0 heterocycles. The SMILES string of the molecule is O=C(O)C1CC2C=CC1C2.[Cl-]. The van der Waals surface area contributed by atoms with Crippen LogP contribution in [-0.2, 0) is 4.79 Å². The quantitative estimate of drug-likeness (QED) is 0.480. The van der Waals surface area contributed by atoms with E-state index in [1.807, 2.05) is 0 Å². The summed E-state index contributed by atoms with van der Waals surface area (Å²) in [5.74, 6) is 0.237. The van der Waals surface area contributed by atoms with E-state index in [4.69, 9.17) is 5.11 Å². The Balaban J connectivity index is 0.000000605. The molecule has 0 amide bonds. The predicted molar refractivity (Wildman–Crippen MR) is 36.5 cm³/mol. The zero-order chi connectivity index (χ0) is 7.14. The summed E-state index contributed by atoms with van der Waals surface area (Å²) < 4.78 is 0. The molecule has 0 radical (unpaired) electrons. The van der Waals surface area contributed by atoms with Gasteiger partial charge in [0.15, 0.2) is 0 Å². The molecule has 2 aliphatic rings. The number of halogens is 1. The molecule has 11 heavy (non-hydrogen) atoms. The maximum Gasteiger partial charge on any atom is 0.307 e. The number of carboxylic acids is 1. The molecule has 2 aliphatic carbocycles.